The number of aromatic amines is 1. The molecule has 1 fully saturated rings. The summed E-state index contributed by atoms with van der Waals surface area (Å²) >= 11 is 0. The SMILES string of the molecule is O=C(NC[C@@H]1CCO[C@H]1c1ccc(F)cc1)c1ccc2[nH]ccc2c1. The lowest BCUT2D eigenvalue weighted by Crippen LogP contribution is -2.30. The molecule has 25 heavy (non-hydrogen) atoms. The van der Waals surface area contributed by atoms with Gasteiger partial charge in [-0.1, -0.05) is 12.1 Å². The summed E-state index contributed by atoms with van der Waals surface area (Å²) in [5.41, 5.74) is 2.60. The standard InChI is InChI=1S/C20H19FN2O2/c21-17-4-1-13(2-5-17)19-16(8-10-25-19)12-23-20(24)15-3-6-18-14(11-15)7-9-22-18/h1-7,9,11,16,19,22H,8,10,12H2,(H,23,24)/t16-,19-/m0/s1. The number of carbonyl (C=O) groups is 1. The predicted molar refractivity (Wildman–Crippen MR) is 93.8 cm³/mol. The van der Waals surface area contributed by atoms with Gasteiger partial charge in [-0.05, 0) is 48.4 Å². The number of hydrogen-bond acceptors (Lipinski definition) is 2. The first-order chi connectivity index (χ1) is 12.2. The highest BCUT2D eigenvalue weighted by Crippen LogP contribution is 2.34. The summed E-state index contributed by atoms with van der Waals surface area (Å²) in [6.07, 6.45) is 2.63. The second-order valence-electron chi connectivity index (χ2n) is 6.38. The molecule has 0 unspecified atom stereocenters. The quantitative estimate of drug-likeness (QED) is 0.760. The molecule has 0 bridgehead atoms. The number of hydrogen-bond donors (Lipinski definition) is 2. The maximum Gasteiger partial charge on any atom is 0.251 e. The fraction of sp³-hybridized carbons (Fsp3) is 0.250. The van der Waals surface area contributed by atoms with Crippen molar-refractivity contribution in [3.05, 3.63) is 71.7 Å². The van der Waals surface area contributed by atoms with Gasteiger partial charge >= 0.3 is 0 Å². The van der Waals surface area contributed by atoms with Gasteiger partial charge in [-0.3, -0.25) is 4.79 Å². The second kappa shape index (κ2) is 6.69. The van der Waals surface area contributed by atoms with Crippen LogP contribution in [0.25, 0.3) is 10.9 Å². The van der Waals surface area contributed by atoms with Gasteiger partial charge in [0, 0.05) is 41.7 Å². The lowest BCUT2D eigenvalue weighted by atomic mass is 9.95. The fourth-order valence-corrected chi connectivity index (χ4v) is 3.38. The minimum atomic E-state index is -0.258. The Kier molecular flexibility index (Phi) is 4.24. The number of rotatable bonds is 4. The number of ether oxygens (including phenoxy) is 1. The van der Waals surface area contributed by atoms with Crippen LogP contribution in [-0.4, -0.2) is 24.0 Å². The lowest BCUT2D eigenvalue weighted by molar-refractivity contribution is 0.0846. The molecule has 2 aromatic carbocycles. The largest absolute Gasteiger partial charge is 0.373 e. The molecule has 4 rings (SSSR count). The van der Waals surface area contributed by atoms with Gasteiger partial charge in [0.15, 0.2) is 0 Å². The highest BCUT2D eigenvalue weighted by Gasteiger charge is 2.30. The maximum atomic E-state index is 13.1. The predicted octanol–water partition coefficient (Wildman–Crippen LogP) is 3.81. The third-order valence-corrected chi connectivity index (χ3v) is 4.75. The Bertz CT molecular complexity index is 888. The number of halogens is 1. The Balaban J connectivity index is 1.42. The van der Waals surface area contributed by atoms with Crippen molar-refractivity contribution >= 4 is 16.8 Å². The third kappa shape index (κ3) is 3.28. The minimum absolute atomic E-state index is 0.0899. The van der Waals surface area contributed by atoms with Gasteiger partial charge in [0.1, 0.15) is 5.82 Å². The molecule has 4 nitrogen and oxygen atoms in total. The first-order valence-electron chi connectivity index (χ1n) is 8.43. The highest BCUT2D eigenvalue weighted by atomic mass is 19.1. The van der Waals surface area contributed by atoms with Gasteiger partial charge in [-0.2, -0.15) is 0 Å². The second-order valence-corrected chi connectivity index (χ2v) is 6.38. The van der Waals surface area contributed by atoms with E-state index < -0.39 is 0 Å². The first-order valence-corrected chi connectivity index (χ1v) is 8.43. The number of aromatic nitrogens is 1. The van der Waals surface area contributed by atoms with Crippen LogP contribution in [0.5, 0.6) is 0 Å². The van der Waals surface area contributed by atoms with Gasteiger partial charge in [-0.25, -0.2) is 4.39 Å². The topological polar surface area (TPSA) is 54.1 Å². The molecule has 2 N–H and O–H groups in total. The third-order valence-electron chi connectivity index (χ3n) is 4.75. The van der Waals surface area contributed by atoms with Gasteiger partial charge < -0.3 is 15.0 Å². The Morgan fingerprint density at radius 2 is 2.04 bits per heavy atom. The molecule has 3 aromatic rings. The van der Waals surface area contributed by atoms with E-state index in [-0.39, 0.29) is 23.7 Å². The van der Waals surface area contributed by atoms with Crippen LogP contribution in [0.2, 0.25) is 0 Å². The Morgan fingerprint density at radius 1 is 1.20 bits per heavy atom. The molecular weight excluding hydrogens is 319 g/mol. The summed E-state index contributed by atoms with van der Waals surface area (Å²) in [7, 11) is 0. The molecule has 0 saturated carbocycles. The van der Waals surface area contributed by atoms with E-state index in [0.717, 1.165) is 22.9 Å². The van der Waals surface area contributed by atoms with Crippen molar-refractivity contribution in [2.75, 3.05) is 13.2 Å². The molecule has 1 aliphatic heterocycles. The highest BCUT2D eigenvalue weighted by molar-refractivity contribution is 5.98. The average molecular weight is 338 g/mol. The summed E-state index contributed by atoms with van der Waals surface area (Å²) in [4.78, 5) is 15.6. The minimum Gasteiger partial charge on any atom is -0.373 e. The van der Waals surface area contributed by atoms with Crippen molar-refractivity contribution in [2.45, 2.75) is 12.5 Å². The molecule has 128 valence electrons. The van der Waals surface area contributed by atoms with E-state index in [1.54, 1.807) is 12.1 Å². The Hall–Kier alpha value is -2.66. The zero-order valence-corrected chi connectivity index (χ0v) is 13.7. The van der Waals surface area contributed by atoms with Crippen LogP contribution in [-0.2, 0) is 4.74 Å². The van der Waals surface area contributed by atoms with Crippen molar-refractivity contribution in [3.8, 4) is 0 Å². The zero-order chi connectivity index (χ0) is 17.2. The van der Waals surface area contributed by atoms with Crippen molar-refractivity contribution in [3.63, 3.8) is 0 Å². The molecule has 0 aliphatic carbocycles. The van der Waals surface area contributed by atoms with Crippen molar-refractivity contribution in [1.29, 1.82) is 0 Å². The first kappa shape index (κ1) is 15.8. The number of H-pyrrole nitrogens is 1. The molecular formula is C20H19FN2O2. The number of nitrogens with one attached hydrogen (secondary N) is 2. The molecule has 2 atom stereocenters. The van der Waals surface area contributed by atoms with E-state index in [1.165, 1.54) is 12.1 Å². The fourth-order valence-electron chi connectivity index (χ4n) is 3.38. The molecule has 0 radical (unpaired) electrons. The average Bonchev–Trinajstić information content (AvgIpc) is 3.28. The van der Waals surface area contributed by atoms with E-state index in [1.807, 2.05) is 30.5 Å². The number of amides is 1. The van der Waals surface area contributed by atoms with E-state index in [0.29, 0.717) is 18.7 Å². The number of carbonyl (C=O) groups excluding carboxylic acids is 1. The normalized spacial score (nSPS) is 20.0. The molecule has 2 heterocycles. The van der Waals surface area contributed by atoms with E-state index in [2.05, 4.69) is 10.3 Å². The van der Waals surface area contributed by atoms with E-state index in [9.17, 15) is 9.18 Å². The smallest absolute Gasteiger partial charge is 0.251 e. The zero-order valence-electron chi connectivity index (χ0n) is 13.7. The molecule has 5 heteroatoms. The van der Waals surface area contributed by atoms with Crippen LogP contribution in [0.4, 0.5) is 4.39 Å². The van der Waals surface area contributed by atoms with Gasteiger partial charge in [0.25, 0.3) is 5.91 Å². The molecule has 0 spiro atoms. The van der Waals surface area contributed by atoms with Crippen molar-refractivity contribution < 1.29 is 13.9 Å². The van der Waals surface area contributed by atoms with Gasteiger partial charge in [0.05, 0.1) is 6.10 Å². The van der Waals surface area contributed by atoms with E-state index in [4.69, 9.17) is 4.74 Å². The maximum absolute atomic E-state index is 13.1. The molecule has 1 aliphatic rings. The van der Waals surface area contributed by atoms with Crippen LogP contribution < -0.4 is 5.32 Å². The van der Waals surface area contributed by atoms with E-state index >= 15 is 0 Å². The number of fused-ring (bicyclic) bond motifs is 1. The van der Waals surface area contributed by atoms with Crippen LogP contribution in [0.1, 0.15) is 28.4 Å². The number of benzene rings is 2. The summed E-state index contributed by atoms with van der Waals surface area (Å²) in [5.74, 6) is -0.162. The van der Waals surface area contributed by atoms with Crippen LogP contribution >= 0.6 is 0 Å². The summed E-state index contributed by atoms with van der Waals surface area (Å²) in [5, 5.41) is 4.02. The van der Waals surface area contributed by atoms with Gasteiger partial charge in [0.2, 0.25) is 0 Å². The summed E-state index contributed by atoms with van der Waals surface area (Å²) in [6, 6.07) is 13.9. The van der Waals surface area contributed by atoms with Crippen molar-refractivity contribution in [1.82, 2.24) is 10.3 Å². The molecule has 1 aromatic heterocycles. The summed E-state index contributed by atoms with van der Waals surface area (Å²) in [6.45, 7) is 1.18. The monoisotopic (exact) mass is 338 g/mol. The lowest BCUT2D eigenvalue weighted by Gasteiger charge is -2.19. The Morgan fingerprint density at radius 3 is 2.88 bits per heavy atom. The van der Waals surface area contributed by atoms with Gasteiger partial charge in [-0.15, -0.1) is 0 Å². The Labute approximate surface area is 145 Å². The van der Waals surface area contributed by atoms with Crippen LogP contribution in [0.3, 0.4) is 0 Å². The molecule has 1 saturated heterocycles. The molecule has 1 amide bonds. The van der Waals surface area contributed by atoms with Crippen LogP contribution in [0, 0.1) is 11.7 Å². The summed E-state index contributed by atoms with van der Waals surface area (Å²) < 4.78 is 18.9. The van der Waals surface area contributed by atoms with Crippen molar-refractivity contribution in [2.24, 2.45) is 5.92 Å². The van der Waals surface area contributed by atoms with Crippen LogP contribution in [0.15, 0.2) is 54.7 Å².